The number of aliphatic hydroxyl groups is 1. The molecular formula is C56H69FN9O9S-. The third-order valence-corrected chi connectivity index (χ3v) is 17.4. The van der Waals surface area contributed by atoms with Gasteiger partial charge in [-0.3, -0.25) is 19.3 Å². The van der Waals surface area contributed by atoms with Crippen molar-refractivity contribution in [3.8, 4) is 17.4 Å². The zero-order chi connectivity index (χ0) is 54.3. The monoisotopic (exact) mass is 1060 g/mol. The zero-order valence-corrected chi connectivity index (χ0v) is 45.0. The third kappa shape index (κ3) is 11.3. The standard InChI is InChI=1S/C56H69FN9O9S/c1-8-58-52(68)54(69)65-23-24-66(46(33-65)41-12-10-9-11-40(41)34(2)3)38-29-56(30-38)19-21-64(22-20-56)37-13-14-42(47(26-37)75-48-28-43-44(57)25-35(4)49(43)61-53(48)74-7)51(67)62-76(72,73)39-27-45(63(6)71)50(60-32-39)59-31-36-15-17-55(5,70)18-16-36/h9-14,25-28,32,34,36,38,46,70H,4,8,15-24,29-31,33H2,1-3,5-7H3,(H,58,68)(H,59,60)(H,62,67)/q-1. The number of rotatable bonds is 15. The van der Waals surface area contributed by atoms with Crippen LogP contribution in [0.15, 0.2) is 78.3 Å². The second-order valence-electron chi connectivity index (χ2n) is 21.7. The number of halogens is 1. The van der Waals surface area contributed by atoms with Gasteiger partial charge in [0.25, 0.3) is 21.8 Å². The SMILES string of the molecule is C=C1C=C(F)c2cc(Oc3cc(N4CCC5(CC4)CC(N4CCN(C(=O)C(=O)NCC)CC4c4ccccc4C(C)C)C5)ccc3C(=O)NS(=O)(=O)c3cnc(NCC4CCC(C)(O)CC4)c(N(C)[O-])c3)c(OC)nc21. The van der Waals surface area contributed by atoms with Crippen molar-refractivity contribution in [2.24, 2.45) is 11.3 Å². The Morgan fingerprint density at radius 2 is 1.74 bits per heavy atom. The van der Waals surface area contributed by atoms with E-state index < -0.39 is 44.1 Å². The fourth-order valence-corrected chi connectivity index (χ4v) is 12.6. The summed E-state index contributed by atoms with van der Waals surface area (Å²) >= 11 is 0. The van der Waals surface area contributed by atoms with Crippen molar-refractivity contribution in [3.63, 3.8) is 0 Å². The highest BCUT2D eigenvalue weighted by molar-refractivity contribution is 7.90. The molecule has 4 heterocycles. The van der Waals surface area contributed by atoms with Gasteiger partial charge < -0.3 is 45.3 Å². The number of hydroxylamine groups is 1. The number of piperazine rings is 1. The number of carbonyl (C=O) groups excluding carboxylic acids is 3. The summed E-state index contributed by atoms with van der Waals surface area (Å²) in [5, 5.41) is 29.5. The maximum Gasteiger partial charge on any atom is 0.311 e. The first-order chi connectivity index (χ1) is 36.2. The second-order valence-corrected chi connectivity index (χ2v) is 23.4. The minimum atomic E-state index is -4.63. The van der Waals surface area contributed by atoms with Crippen LogP contribution in [0.5, 0.6) is 17.4 Å². The molecule has 4 N–H and O–H groups in total. The summed E-state index contributed by atoms with van der Waals surface area (Å²) in [4.78, 5) is 55.0. The molecule has 2 aromatic carbocycles. The number of hydrogen-bond acceptors (Lipinski definition) is 15. The van der Waals surface area contributed by atoms with Crippen molar-refractivity contribution in [1.82, 2.24) is 29.8 Å². The van der Waals surface area contributed by atoms with Gasteiger partial charge >= 0.3 is 11.8 Å². The van der Waals surface area contributed by atoms with E-state index in [2.05, 4.69) is 67.7 Å². The van der Waals surface area contributed by atoms with E-state index in [1.165, 1.54) is 43.5 Å². The van der Waals surface area contributed by atoms with Gasteiger partial charge in [-0.2, -0.15) is 0 Å². The van der Waals surface area contributed by atoms with E-state index in [9.17, 15) is 33.1 Å². The lowest BCUT2D eigenvalue weighted by atomic mass is 9.59. The van der Waals surface area contributed by atoms with E-state index in [0.717, 1.165) is 50.8 Å². The van der Waals surface area contributed by atoms with E-state index >= 15 is 4.39 Å². The molecule has 5 aliphatic rings. The van der Waals surface area contributed by atoms with Crippen LogP contribution in [0, 0.1) is 16.5 Å². The average molecular weight is 1060 g/mol. The van der Waals surface area contributed by atoms with Gasteiger partial charge in [-0.05, 0) is 137 Å². The number of methoxy groups -OCH3 is 1. The molecule has 20 heteroatoms. The molecule has 2 aliphatic heterocycles. The molecule has 3 amide bonds. The predicted octanol–water partition coefficient (Wildman–Crippen LogP) is 7.91. The lowest BCUT2D eigenvalue weighted by molar-refractivity contribution is -0.149. The first-order valence-electron chi connectivity index (χ1n) is 26.3. The smallest absolute Gasteiger partial charge is 0.311 e. The minimum Gasteiger partial charge on any atom is -0.758 e. The molecule has 76 heavy (non-hydrogen) atoms. The highest BCUT2D eigenvalue weighted by Gasteiger charge is 2.50. The van der Waals surface area contributed by atoms with Gasteiger partial charge in [0.1, 0.15) is 22.3 Å². The number of sulfonamides is 1. The maximum atomic E-state index is 15.2. The van der Waals surface area contributed by atoms with Crippen LogP contribution in [-0.2, 0) is 19.6 Å². The molecule has 4 fully saturated rings. The summed E-state index contributed by atoms with van der Waals surface area (Å²) in [5.74, 6) is -2.12. The van der Waals surface area contributed by atoms with Crippen molar-refractivity contribution < 1.29 is 41.8 Å². The van der Waals surface area contributed by atoms with Crippen LogP contribution in [0.1, 0.15) is 124 Å². The van der Waals surface area contributed by atoms with Gasteiger partial charge in [-0.25, -0.2) is 27.5 Å². The first-order valence-corrected chi connectivity index (χ1v) is 27.8. The molecule has 2 saturated carbocycles. The van der Waals surface area contributed by atoms with E-state index in [1.54, 1.807) is 24.0 Å². The van der Waals surface area contributed by atoms with Crippen molar-refractivity contribution in [1.29, 1.82) is 0 Å². The van der Waals surface area contributed by atoms with Crippen molar-refractivity contribution in [3.05, 3.63) is 107 Å². The normalized spacial score (nSPS) is 21.7. The number of fused-ring (bicyclic) bond motifs is 1. The van der Waals surface area contributed by atoms with Gasteiger partial charge in [0.05, 0.1) is 35.7 Å². The molecule has 9 rings (SSSR count). The van der Waals surface area contributed by atoms with E-state index in [-0.39, 0.29) is 75.0 Å². The lowest BCUT2D eigenvalue weighted by Crippen LogP contribution is -2.61. The number of nitrogens with zero attached hydrogens (tertiary/aromatic N) is 6. The topological polar surface area (TPSA) is 222 Å². The van der Waals surface area contributed by atoms with Crippen LogP contribution in [0.25, 0.3) is 11.4 Å². The molecule has 18 nitrogen and oxygen atoms in total. The Labute approximate surface area is 444 Å². The minimum absolute atomic E-state index is 0.0128. The summed E-state index contributed by atoms with van der Waals surface area (Å²) in [5.41, 5.74) is 3.01. The summed E-state index contributed by atoms with van der Waals surface area (Å²) in [6, 6.07) is 16.0. The summed E-state index contributed by atoms with van der Waals surface area (Å²) in [6.45, 7) is 15.6. The van der Waals surface area contributed by atoms with Gasteiger partial charge in [0, 0.05) is 75.4 Å². The number of amides is 3. The number of ether oxygens (including phenoxy) is 2. The number of aromatic nitrogens is 2. The molecule has 406 valence electrons. The summed E-state index contributed by atoms with van der Waals surface area (Å²) in [7, 11) is -2.04. The van der Waals surface area contributed by atoms with Crippen molar-refractivity contribution in [2.45, 2.75) is 108 Å². The lowest BCUT2D eigenvalue weighted by Gasteiger charge is -2.58. The summed E-state index contributed by atoms with van der Waals surface area (Å²) in [6.07, 6.45) is 8.87. The number of carbonyl (C=O) groups is 3. The summed E-state index contributed by atoms with van der Waals surface area (Å²) < 4.78 is 57.2. The van der Waals surface area contributed by atoms with E-state index in [4.69, 9.17) is 9.47 Å². The molecule has 1 unspecified atom stereocenters. The third-order valence-electron chi connectivity index (χ3n) is 16.1. The predicted molar refractivity (Wildman–Crippen MR) is 289 cm³/mol. The molecule has 4 aromatic rings. The van der Waals surface area contributed by atoms with Crippen molar-refractivity contribution in [2.75, 3.05) is 75.3 Å². The molecular weight excluding hydrogens is 994 g/mol. The Bertz CT molecular complexity index is 3030. The number of hydrogen-bond donors (Lipinski definition) is 4. The Hall–Kier alpha value is -6.61. The van der Waals surface area contributed by atoms with Gasteiger partial charge in [-0.1, -0.05) is 44.7 Å². The Morgan fingerprint density at radius 3 is 2.42 bits per heavy atom. The van der Waals surface area contributed by atoms with E-state index in [1.807, 2.05) is 19.1 Å². The number of nitrogens with one attached hydrogen (secondary N) is 3. The number of benzene rings is 2. The quantitative estimate of drug-likeness (QED) is 0.0656. The number of allylic oxidation sites excluding steroid dienone is 2. The van der Waals surface area contributed by atoms with Crippen LogP contribution in [0.3, 0.4) is 0 Å². The van der Waals surface area contributed by atoms with Gasteiger partial charge in [-0.15, -0.1) is 0 Å². The fraction of sp³-hybridized carbons (Fsp3) is 0.482. The maximum absolute atomic E-state index is 15.2. The number of anilines is 3. The van der Waals surface area contributed by atoms with Crippen LogP contribution in [-0.4, -0.2) is 123 Å². The molecule has 1 atom stereocenters. The van der Waals surface area contributed by atoms with Crippen LogP contribution >= 0.6 is 0 Å². The molecule has 0 radical (unpaired) electrons. The Morgan fingerprint density at radius 1 is 1.01 bits per heavy atom. The number of likely N-dealkylation sites (N-methyl/N-ethyl adjacent to an activating group) is 1. The molecule has 1 spiro atoms. The van der Waals surface area contributed by atoms with E-state index in [0.29, 0.717) is 75.0 Å². The molecule has 0 bridgehead atoms. The molecule has 2 saturated heterocycles. The Kier molecular flexibility index (Phi) is 15.5. The number of pyridine rings is 2. The molecule has 3 aliphatic carbocycles. The highest BCUT2D eigenvalue weighted by Crippen LogP contribution is 2.54. The first kappa shape index (κ1) is 54.2. The molecule has 2 aromatic heterocycles. The highest BCUT2D eigenvalue weighted by atomic mass is 32.2. The zero-order valence-electron chi connectivity index (χ0n) is 44.2. The fourth-order valence-electron chi connectivity index (χ4n) is 11.7. The largest absolute Gasteiger partial charge is 0.758 e. The average Bonchev–Trinajstić information content (AvgIpc) is 3.67. The Balaban J connectivity index is 0.932. The van der Waals surface area contributed by atoms with Gasteiger partial charge in [0.15, 0.2) is 5.75 Å². The van der Waals surface area contributed by atoms with Gasteiger partial charge in [0.2, 0.25) is 0 Å². The van der Waals surface area contributed by atoms with Crippen LogP contribution in [0.2, 0.25) is 0 Å². The van der Waals surface area contributed by atoms with Crippen LogP contribution in [0.4, 0.5) is 21.6 Å². The van der Waals surface area contributed by atoms with Crippen molar-refractivity contribution >= 4 is 56.3 Å². The van der Waals surface area contributed by atoms with Crippen LogP contribution < -0.4 is 34.8 Å². The number of piperidine rings is 1. The second kappa shape index (κ2) is 21.8.